The Kier molecular flexibility index (Phi) is 9.04. The molecule has 2 aromatic carbocycles. The first kappa shape index (κ1) is 24.5. The Morgan fingerprint density at radius 3 is 2.39 bits per heavy atom. The van der Waals surface area contributed by atoms with Gasteiger partial charge in [0.25, 0.3) is 0 Å². The number of fused-ring (bicyclic) bond motifs is 1. The van der Waals surface area contributed by atoms with Gasteiger partial charge in [-0.15, -0.1) is 0 Å². The highest BCUT2D eigenvalue weighted by atomic mass is 16.5. The predicted molar refractivity (Wildman–Crippen MR) is 129 cm³/mol. The zero-order valence-corrected chi connectivity index (χ0v) is 19.7. The van der Waals surface area contributed by atoms with E-state index in [0.29, 0.717) is 32.7 Å². The van der Waals surface area contributed by atoms with Crippen LogP contribution in [-0.2, 0) is 32.0 Å². The number of hydrogen-bond donors (Lipinski definition) is 1. The molecule has 0 saturated carbocycles. The van der Waals surface area contributed by atoms with Gasteiger partial charge in [-0.2, -0.15) is 0 Å². The number of benzene rings is 2. The number of carbonyl (C=O) groups is 2. The van der Waals surface area contributed by atoms with Crippen molar-refractivity contribution in [2.24, 2.45) is 0 Å². The van der Waals surface area contributed by atoms with Gasteiger partial charge in [-0.25, -0.2) is 0 Å². The summed E-state index contributed by atoms with van der Waals surface area (Å²) in [4.78, 5) is 32.5. The van der Waals surface area contributed by atoms with E-state index in [4.69, 9.17) is 9.47 Å². The number of aromatic nitrogens is 1. The van der Waals surface area contributed by atoms with Crippen molar-refractivity contribution in [1.82, 2.24) is 14.8 Å². The average molecular weight is 452 g/mol. The molecule has 0 aliphatic heterocycles. The summed E-state index contributed by atoms with van der Waals surface area (Å²) in [7, 11) is 3.05. The number of aryl methyl sites for hydroxylation is 1. The van der Waals surface area contributed by atoms with Crippen molar-refractivity contribution in [3.05, 3.63) is 71.4 Å². The van der Waals surface area contributed by atoms with Crippen LogP contribution in [0.15, 0.2) is 54.7 Å². The summed E-state index contributed by atoms with van der Waals surface area (Å²) < 4.78 is 10.1. The highest BCUT2D eigenvalue weighted by Gasteiger charge is 2.22. The lowest BCUT2D eigenvalue weighted by molar-refractivity contribution is -0.143. The summed E-state index contributed by atoms with van der Waals surface area (Å²) >= 11 is 0. The highest BCUT2D eigenvalue weighted by molar-refractivity contribution is 5.86. The standard InChI is InChI=1S/C26H33N3O4/c1-20-8-10-21(11-9-20)17-28(13-12-22-16-27-24-7-5-4-6-23(22)24)25(30)18-29(14-15-32-2)26(31)19-33-3/h4-11,16,27H,12-15,17-19H2,1-3H3. The van der Waals surface area contributed by atoms with E-state index in [0.717, 1.165) is 16.5 Å². The number of nitrogens with zero attached hydrogens (tertiary/aromatic N) is 2. The lowest BCUT2D eigenvalue weighted by Crippen LogP contribution is -2.45. The Morgan fingerprint density at radius 1 is 0.909 bits per heavy atom. The van der Waals surface area contributed by atoms with Crippen LogP contribution in [0.5, 0.6) is 0 Å². The second-order valence-electron chi connectivity index (χ2n) is 8.15. The normalized spacial score (nSPS) is 11.0. The third kappa shape index (κ3) is 6.91. The molecule has 0 saturated heterocycles. The van der Waals surface area contributed by atoms with E-state index < -0.39 is 0 Å². The number of methoxy groups -OCH3 is 2. The first-order valence-electron chi connectivity index (χ1n) is 11.2. The largest absolute Gasteiger partial charge is 0.383 e. The molecule has 3 aromatic rings. The number of amides is 2. The monoisotopic (exact) mass is 451 g/mol. The number of nitrogens with one attached hydrogen (secondary N) is 1. The number of para-hydroxylation sites is 1. The van der Waals surface area contributed by atoms with Gasteiger partial charge < -0.3 is 24.3 Å². The molecule has 0 aliphatic carbocycles. The molecule has 1 aromatic heterocycles. The maximum absolute atomic E-state index is 13.4. The summed E-state index contributed by atoms with van der Waals surface area (Å²) in [6, 6.07) is 16.3. The fourth-order valence-corrected chi connectivity index (χ4v) is 3.77. The minimum atomic E-state index is -0.227. The zero-order valence-electron chi connectivity index (χ0n) is 19.7. The van der Waals surface area contributed by atoms with Crippen molar-refractivity contribution in [3.63, 3.8) is 0 Å². The van der Waals surface area contributed by atoms with Crippen LogP contribution in [-0.4, -0.2) is 73.7 Å². The van der Waals surface area contributed by atoms with Crippen LogP contribution in [0, 0.1) is 6.92 Å². The van der Waals surface area contributed by atoms with E-state index in [1.165, 1.54) is 23.1 Å². The SMILES string of the molecule is COCCN(CC(=O)N(CCc1c[nH]c2ccccc12)Cc1ccc(C)cc1)C(=O)COC. The first-order chi connectivity index (χ1) is 16.0. The molecule has 0 unspecified atom stereocenters. The fraction of sp³-hybridized carbons (Fsp3) is 0.385. The number of rotatable bonds is 12. The van der Waals surface area contributed by atoms with Crippen LogP contribution in [0.1, 0.15) is 16.7 Å². The number of H-pyrrole nitrogens is 1. The molecule has 7 nitrogen and oxygen atoms in total. The number of aromatic amines is 1. The topological polar surface area (TPSA) is 74.9 Å². The van der Waals surface area contributed by atoms with Crippen LogP contribution >= 0.6 is 0 Å². The van der Waals surface area contributed by atoms with Gasteiger partial charge in [-0.1, -0.05) is 48.0 Å². The smallest absolute Gasteiger partial charge is 0.249 e. The molecule has 1 N–H and O–H groups in total. The molecular formula is C26H33N3O4. The number of ether oxygens (including phenoxy) is 2. The van der Waals surface area contributed by atoms with E-state index in [2.05, 4.69) is 11.1 Å². The summed E-state index contributed by atoms with van der Waals surface area (Å²) in [6.07, 6.45) is 2.72. The van der Waals surface area contributed by atoms with Crippen molar-refractivity contribution in [3.8, 4) is 0 Å². The Labute approximate surface area is 195 Å². The van der Waals surface area contributed by atoms with Gasteiger partial charge in [0.1, 0.15) is 6.61 Å². The number of carbonyl (C=O) groups excluding carboxylic acids is 2. The first-order valence-corrected chi connectivity index (χ1v) is 11.2. The van der Waals surface area contributed by atoms with E-state index >= 15 is 0 Å². The maximum atomic E-state index is 13.4. The lowest BCUT2D eigenvalue weighted by Gasteiger charge is -2.28. The molecule has 3 rings (SSSR count). The van der Waals surface area contributed by atoms with Crippen molar-refractivity contribution in [1.29, 1.82) is 0 Å². The zero-order chi connectivity index (χ0) is 23.6. The van der Waals surface area contributed by atoms with Gasteiger partial charge in [0.15, 0.2) is 0 Å². The molecule has 1 heterocycles. The second-order valence-corrected chi connectivity index (χ2v) is 8.15. The van der Waals surface area contributed by atoms with Gasteiger partial charge in [-0.3, -0.25) is 9.59 Å². The summed E-state index contributed by atoms with van der Waals surface area (Å²) in [5.41, 5.74) is 4.48. The molecular weight excluding hydrogens is 418 g/mol. The minimum absolute atomic E-state index is 0.00863. The Morgan fingerprint density at radius 2 is 1.67 bits per heavy atom. The van der Waals surface area contributed by atoms with Crippen molar-refractivity contribution in [2.45, 2.75) is 19.9 Å². The Balaban J connectivity index is 1.76. The fourth-order valence-electron chi connectivity index (χ4n) is 3.77. The molecule has 176 valence electrons. The summed E-state index contributed by atoms with van der Waals surface area (Å²) in [6.45, 7) is 3.69. The maximum Gasteiger partial charge on any atom is 0.249 e. The van der Waals surface area contributed by atoms with Crippen molar-refractivity contribution >= 4 is 22.7 Å². The molecule has 7 heteroatoms. The van der Waals surface area contributed by atoms with Crippen LogP contribution in [0.25, 0.3) is 10.9 Å². The van der Waals surface area contributed by atoms with Crippen LogP contribution in [0.3, 0.4) is 0 Å². The van der Waals surface area contributed by atoms with E-state index in [1.54, 1.807) is 7.11 Å². The van der Waals surface area contributed by atoms with Gasteiger partial charge in [-0.05, 0) is 30.5 Å². The quantitative estimate of drug-likeness (QED) is 0.459. The molecule has 33 heavy (non-hydrogen) atoms. The molecule has 0 fully saturated rings. The van der Waals surface area contributed by atoms with Crippen LogP contribution in [0.2, 0.25) is 0 Å². The third-order valence-corrected chi connectivity index (χ3v) is 5.68. The molecule has 0 bridgehead atoms. The Hall–Kier alpha value is -3.16. The van der Waals surface area contributed by atoms with Crippen molar-refractivity contribution < 1.29 is 19.1 Å². The van der Waals surface area contributed by atoms with Gasteiger partial charge in [0.2, 0.25) is 11.8 Å². The Bertz CT molecular complexity index is 1050. The molecule has 2 amide bonds. The highest BCUT2D eigenvalue weighted by Crippen LogP contribution is 2.19. The molecule has 0 radical (unpaired) electrons. The summed E-state index contributed by atoms with van der Waals surface area (Å²) in [5, 5.41) is 1.16. The van der Waals surface area contributed by atoms with Gasteiger partial charge >= 0.3 is 0 Å². The lowest BCUT2D eigenvalue weighted by atomic mass is 10.1. The summed E-state index contributed by atoms with van der Waals surface area (Å²) in [5.74, 6) is -0.328. The second kappa shape index (κ2) is 12.2. The third-order valence-electron chi connectivity index (χ3n) is 5.68. The van der Waals surface area contributed by atoms with Gasteiger partial charge in [0, 0.05) is 51.0 Å². The van der Waals surface area contributed by atoms with Crippen LogP contribution in [0.4, 0.5) is 0 Å². The number of hydrogen-bond acceptors (Lipinski definition) is 4. The van der Waals surface area contributed by atoms with Crippen molar-refractivity contribution in [2.75, 3.05) is 47.1 Å². The molecule has 0 aliphatic rings. The van der Waals surface area contributed by atoms with E-state index in [1.807, 2.05) is 60.5 Å². The minimum Gasteiger partial charge on any atom is -0.383 e. The van der Waals surface area contributed by atoms with Crippen LogP contribution < -0.4 is 0 Å². The van der Waals surface area contributed by atoms with E-state index in [9.17, 15) is 9.59 Å². The molecule has 0 atom stereocenters. The van der Waals surface area contributed by atoms with E-state index in [-0.39, 0.29) is 25.0 Å². The predicted octanol–water partition coefficient (Wildman–Crippen LogP) is 3.17. The average Bonchev–Trinajstić information content (AvgIpc) is 3.23. The molecule has 0 spiro atoms. The van der Waals surface area contributed by atoms with Gasteiger partial charge in [0.05, 0.1) is 13.2 Å².